The molecule has 1 fully saturated rings. The Balaban J connectivity index is 1.44. The van der Waals surface area contributed by atoms with Gasteiger partial charge in [0.25, 0.3) is 5.91 Å². The molecule has 2 aromatic carbocycles. The molecule has 1 saturated heterocycles. The van der Waals surface area contributed by atoms with Crippen LogP contribution in [0.25, 0.3) is 0 Å². The van der Waals surface area contributed by atoms with Gasteiger partial charge in [-0.2, -0.15) is 0 Å². The van der Waals surface area contributed by atoms with Gasteiger partial charge >= 0.3 is 0 Å². The van der Waals surface area contributed by atoms with Gasteiger partial charge in [0, 0.05) is 31.1 Å². The molecule has 0 radical (unpaired) electrons. The molecule has 2 aromatic rings. The largest absolute Gasteiger partial charge is 0.497 e. The molecule has 0 atom stereocenters. The zero-order valence-corrected chi connectivity index (χ0v) is 17.0. The van der Waals surface area contributed by atoms with Crippen LogP contribution in [-0.2, 0) is 11.2 Å². The monoisotopic (exact) mass is 396 g/mol. The Bertz CT molecular complexity index is 827. The highest BCUT2D eigenvalue weighted by Crippen LogP contribution is 2.21. The molecule has 0 bridgehead atoms. The van der Waals surface area contributed by atoms with Gasteiger partial charge < -0.3 is 19.7 Å². The number of carbonyl (C=O) groups excluding carboxylic acids is 2. The van der Waals surface area contributed by atoms with Crippen molar-refractivity contribution in [1.29, 1.82) is 0 Å². The third kappa shape index (κ3) is 5.28. The van der Waals surface area contributed by atoms with Crippen LogP contribution in [0.2, 0.25) is 0 Å². The topological polar surface area (TPSA) is 67.9 Å². The van der Waals surface area contributed by atoms with Crippen molar-refractivity contribution in [1.82, 2.24) is 10.2 Å². The van der Waals surface area contributed by atoms with E-state index in [1.165, 1.54) is 0 Å². The summed E-state index contributed by atoms with van der Waals surface area (Å²) in [5, 5.41) is 3.03. The molecule has 0 aromatic heterocycles. The van der Waals surface area contributed by atoms with Crippen molar-refractivity contribution in [2.75, 3.05) is 33.9 Å². The Kier molecular flexibility index (Phi) is 7.11. The summed E-state index contributed by atoms with van der Waals surface area (Å²) in [7, 11) is 3.25. The van der Waals surface area contributed by atoms with Crippen LogP contribution in [-0.4, -0.2) is 50.6 Å². The first-order chi connectivity index (χ1) is 14.1. The number of hydrogen-bond donors (Lipinski definition) is 1. The minimum atomic E-state index is -0.0485. The van der Waals surface area contributed by atoms with Gasteiger partial charge in [-0.05, 0) is 55.2 Å². The molecule has 29 heavy (non-hydrogen) atoms. The highest BCUT2D eigenvalue weighted by molar-refractivity contribution is 5.94. The molecule has 1 aliphatic heterocycles. The molecule has 0 saturated carbocycles. The molecule has 6 nitrogen and oxygen atoms in total. The maximum absolute atomic E-state index is 12.6. The van der Waals surface area contributed by atoms with E-state index in [0.29, 0.717) is 38.0 Å². The molecule has 6 heteroatoms. The van der Waals surface area contributed by atoms with Crippen LogP contribution in [0.4, 0.5) is 0 Å². The lowest BCUT2D eigenvalue weighted by atomic mass is 9.95. The summed E-state index contributed by atoms with van der Waals surface area (Å²) in [6.07, 6.45) is 2.09. The summed E-state index contributed by atoms with van der Waals surface area (Å²) >= 11 is 0. The number of carbonyl (C=O) groups is 2. The number of piperidine rings is 1. The number of para-hydroxylation sites is 1. The molecule has 0 unspecified atom stereocenters. The van der Waals surface area contributed by atoms with Crippen LogP contribution in [0.5, 0.6) is 11.5 Å². The van der Waals surface area contributed by atoms with Crippen LogP contribution in [0.3, 0.4) is 0 Å². The van der Waals surface area contributed by atoms with Gasteiger partial charge in [0.2, 0.25) is 5.91 Å². The van der Waals surface area contributed by atoms with Crippen LogP contribution in [0, 0.1) is 5.92 Å². The van der Waals surface area contributed by atoms with Crippen molar-refractivity contribution >= 4 is 11.8 Å². The summed E-state index contributed by atoms with van der Waals surface area (Å²) in [6, 6.07) is 15.0. The first-order valence-corrected chi connectivity index (χ1v) is 9.95. The normalized spacial score (nSPS) is 14.3. The quantitative estimate of drug-likeness (QED) is 0.781. The highest BCUT2D eigenvalue weighted by atomic mass is 16.5. The Morgan fingerprint density at radius 2 is 1.69 bits per heavy atom. The number of nitrogens with zero attached hydrogens (tertiary/aromatic N) is 1. The molecule has 1 heterocycles. The average molecular weight is 396 g/mol. The maximum Gasteiger partial charge on any atom is 0.253 e. The molecule has 1 N–H and O–H groups in total. The number of amides is 2. The minimum Gasteiger partial charge on any atom is -0.497 e. The molecule has 2 amide bonds. The second-order valence-electron chi connectivity index (χ2n) is 7.15. The zero-order chi connectivity index (χ0) is 20.6. The van der Waals surface area contributed by atoms with Crippen LogP contribution in [0.1, 0.15) is 28.8 Å². The van der Waals surface area contributed by atoms with E-state index in [2.05, 4.69) is 5.32 Å². The lowest BCUT2D eigenvalue weighted by molar-refractivity contribution is -0.126. The minimum absolute atomic E-state index is 0.00249. The van der Waals surface area contributed by atoms with Gasteiger partial charge in [-0.3, -0.25) is 9.59 Å². The second-order valence-corrected chi connectivity index (χ2v) is 7.15. The fraction of sp³-hybridized carbons (Fsp3) is 0.391. The summed E-state index contributed by atoms with van der Waals surface area (Å²) in [4.78, 5) is 27.0. The molecule has 3 rings (SSSR count). The number of nitrogens with one attached hydrogen (secondary N) is 1. The van der Waals surface area contributed by atoms with Crippen molar-refractivity contribution < 1.29 is 19.1 Å². The molecular formula is C23H28N2O4. The second kappa shape index (κ2) is 9.96. The van der Waals surface area contributed by atoms with Gasteiger partial charge in [0.1, 0.15) is 11.5 Å². The molecule has 1 aliphatic rings. The fourth-order valence-corrected chi connectivity index (χ4v) is 3.64. The number of methoxy groups -OCH3 is 2. The van der Waals surface area contributed by atoms with E-state index in [4.69, 9.17) is 9.47 Å². The molecular weight excluding hydrogens is 368 g/mol. The van der Waals surface area contributed by atoms with Gasteiger partial charge in [0.15, 0.2) is 0 Å². The van der Waals surface area contributed by atoms with E-state index in [0.717, 1.165) is 23.5 Å². The lowest BCUT2D eigenvalue weighted by Gasteiger charge is -2.31. The molecule has 0 spiro atoms. The predicted octanol–water partition coefficient (Wildman–Crippen LogP) is 2.91. The van der Waals surface area contributed by atoms with Crippen LogP contribution in [0.15, 0.2) is 48.5 Å². The fourth-order valence-electron chi connectivity index (χ4n) is 3.64. The summed E-state index contributed by atoms with van der Waals surface area (Å²) in [5.74, 6) is 1.59. The van der Waals surface area contributed by atoms with Crippen molar-refractivity contribution in [3.63, 3.8) is 0 Å². The Morgan fingerprint density at radius 1 is 1.00 bits per heavy atom. The van der Waals surface area contributed by atoms with Crippen LogP contribution < -0.4 is 14.8 Å². The molecule has 154 valence electrons. The Labute approximate surface area is 171 Å². The average Bonchev–Trinajstić information content (AvgIpc) is 2.79. The standard InChI is InChI=1S/C23H28N2O4/c1-28-20-9-7-19(8-10-20)23(27)25-15-12-18(13-16-25)22(26)24-14-11-17-5-3-4-6-21(17)29-2/h3-10,18H,11-16H2,1-2H3,(H,24,26). The summed E-state index contributed by atoms with van der Waals surface area (Å²) in [6.45, 7) is 1.76. The Morgan fingerprint density at radius 3 is 2.34 bits per heavy atom. The lowest BCUT2D eigenvalue weighted by Crippen LogP contribution is -2.43. The van der Waals surface area contributed by atoms with Crippen molar-refractivity contribution in [3.05, 3.63) is 59.7 Å². The predicted molar refractivity (Wildman–Crippen MR) is 111 cm³/mol. The van der Waals surface area contributed by atoms with E-state index in [9.17, 15) is 9.59 Å². The zero-order valence-electron chi connectivity index (χ0n) is 17.0. The smallest absolute Gasteiger partial charge is 0.253 e. The number of likely N-dealkylation sites (tertiary alicyclic amines) is 1. The van der Waals surface area contributed by atoms with Crippen molar-refractivity contribution in [2.24, 2.45) is 5.92 Å². The summed E-state index contributed by atoms with van der Waals surface area (Å²) in [5.41, 5.74) is 1.72. The van der Waals surface area contributed by atoms with E-state index in [1.54, 1.807) is 38.5 Å². The molecule has 0 aliphatic carbocycles. The van der Waals surface area contributed by atoms with E-state index in [1.807, 2.05) is 29.2 Å². The number of hydrogen-bond acceptors (Lipinski definition) is 4. The van der Waals surface area contributed by atoms with Gasteiger partial charge in [0.05, 0.1) is 14.2 Å². The first kappa shape index (κ1) is 20.7. The van der Waals surface area contributed by atoms with E-state index >= 15 is 0 Å². The number of rotatable bonds is 7. The van der Waals surface area contributed by atoms with Gasteiger partial charge in [-0.1, -0.05) is 18.2 Å². The maximum atomic E-state index is 12.6. The number of benzene rings is 2. The van der Waals surface area contributed by atoms with E-state index in [-0.39, 0.29) is 17.7 Å². The van der Waals surface area contributed by atoms with Crippen LogP contribution >= 0.6 is 0 Å². The Hall–Kier alpha value is -3.02. The van der Waals surface area contributed by atoms with Gasteiger partial charge in [-0.15, -0.1) is 0 Å². The SMILES string of the molecule is COc1ccc(C(=O)N2CCC(C(=O)NCCc3ccccc3OC)CC2)cc1. The third-order valence-electron chi connectivity index (χ3n) is 5.38. The summed E-state index contributed by atoms with van der Waals surface area (Å²) < 4.78 is 10.5. The van der Waals surface area contributed by atoms with Crippen molar-refractivity contribution in [2.45, 2.75) is 19.3 Å². The van der Waals surface area contributed by atoms with E-state index < -0.39 is 0 Å². The van der Waals surface area contributed by atoms with Crippen molar-refractivity contribution in [3.8, 4) is 11.5 Å². The highest BCUT2D eigenvalue weighted by Gasteiger charge is 2.27. The van der Waals surface area contributed by atoms with Gasteiger partial charge in [-0.25, -0.2) is 0 Å². The first-order valence-electron chi connectivity index (χ1n) is 9.95. The number of ether oxygens (including phenoxy) is 2. The third-order valence-corrected chi connectivity index (χ3v) is 5.38.